The van der Waals surface area contributed by atoms with Gasteiger partial charge in [-0.15, -0.1) is 0 Å². The van der Waals surface area contributed by atoms with Gasteiger partial charge in [0.05, 0.1) is 11.0 Å². The third-order valence-corrected chi connectivity index (χ3v) is 6.60. The Hall–Kier alpha value is -3.19. The van der Waals surface area contributed by atoms with Crippen LogP contribution in [-0.4, -0.2) is 59.1 Å². The second-order valence-electron chi connectivity index (χ2n) is 9.28. The summed E-state index contributed by atoms with van der Waals surface area (Å²) in [5, 5.41) is 3.02. The number of benzene rings is 2. The third kappa shape index (κ3) is 5.65. The van der Waals surface area contributed by atoms with E-state index in [4.69, 9.17) is 0 Å². The number of piperazine rings is 1. The minimum atomic E-state index is -0.134. The lowest BCUT2D eigenvalue weighted by Gasteiger charge is -2.41. The number of carbonyl (C=O) groups excluding carboxylic acids is 1. The molecule has 1 atom stereocenters. The van der Waals surface area contributed by atoms with Gasteiger partial charge in [-0.1, -0.05) is 24.3 Å². The Bertz CT molecular complexity index is 1210. The normalized spacial score (nSPS) is 16.7. The van der Waals surface area contributed by atoms with Crippen LogP contribution in [0.2, 0.25) is 0 Å². The predicted molar refractivity (Wildman–Crippen MR) is 137 cm³/mol. The van der Waals surface area contributed by atoms with Crippen LogP contribution in [0.4, 0.5) is 5.69 Å². The molecule has 3 aromatic rings. The molecule has 0 spiro atoms. The van der Waals surface area contributed by atoms with E-state index in [-0.39, 0.29) is 17.9 Å². The predicted octanol–water partition coefficient (Wildman–Crippen LogP) is 3.12. The summed E-state index contributed by atoms with van der Waals surface area (Å²) in [5.74, 6) is -0.0249. The molecule has 0 radical (unpaired) electrons. The maximum Gasteiger partial charge on any atom is 0.272 e. The Morgan fingerprint density at radius 3 is 2.71 bits per heavy atom. The van der Waals surface area contributed by atoms with Crippen molar-refractivity contribution in [3.8, 4) is 0 Å². The topological polar surface area (TPSA) is 70.5 Å². The van der Waals surface area contributed by atoms with E-state index < -0.39 is 0 Å². The molecule has 34 heavy (non-hydrogen) atoms. The number of hydrogen-bond donors (Lipinski definition) is 1. The number of nitrogens with zero attached hydrogens (tertiary/aromatic N) is 4. The Labute approximate surface area is 201 Å². The van der Waals surface area contributed by atoms with E-state index in [1.807, 2.05) is 24.3 Å². The molecule has 0 saturated carbocycles. The molecule has 1 saturated heterocycles. The van der Waals surface area contributed by atoms with Crippen molar-refractivity contribution in [2.24, 2.45) is 0 Å². The van der Waals surface area contributed by atoms with Gasteiger partial charge in [0.25, 0.3) is 5.56 Å². The minimum absolute atomic E-state index is 0.0249. The van der Waals surface area contributed by atoms with E-state index >= 15 is 0 Å². The molecular weight excluding hydrogens is 426 g/mol. The van der Waals surface area contributed by atoms with E-state index in [1.165, 1.54) is 11.3 Å². The number of fused-ring (bicyclic) bond motifs is 1. The second kappa shape index (κ2) is 10.8. The van der Waals surface area contributed by atoms with Gasteiger partial charge < -0.3 is 14.8 Å². The van der Waals surface area contributed by atoms with Crippen LogP contribution in [0.5, 0.6) is 0 Å². The maximum absolute atomic E-state index is 12.5. The number of aromatic nitrogens is 2. The van der Waals surface area contributed by atoms with Crippen molar-refractivity contribution in [3.05, 3.63) is 70.1 Å². The molecule has 0 bridgehead atoms. The van der Waals surface area contributed by atoms with E-state index in [1.54, 1.807) is 11.5 Å². The van der Waals surface area contributed by atoms with Crippen molar-refractivity contribution in [1.29, 1.82) is 0 Å². The van der Waals surface area contributed by atoms with E-state index in [2.05, 4.69) is 58.2 Å². The molecule has 1 N–H and O–H groups in total. The SMILES string of the molecule is Cc1cccc(N2CCN(CCCNC(=O)CCn3c(=O)c(C)nc4ccccc43)C[C@@H]2C)c1. The first-order valence-corrected chi connectivity index (χ1v) is 12.2. The van der Waals surface area contributed by atoms with Crippen LogP contribution < -0.4 is 15.8 Å². The lowest BCUT2D eigenvalue weighted by Crippen LogP contribution is -2.52. The van der Waals surface area contributed by atoms with Crippen molar-refractivity contribution in [1.82, 2.24) is 19.8 Å². The Morgan fingerprint density at radius 2 is 1.91 bits per heavy atom. The van der Waals surface area contributed by atoms with Gasteiger partial charge in [-0.2, -0.15) is 0 Å². The zero-order valence-corrected chi connectivity index (χ0v) is 20.5. The van der Waals surface area contributed by atoms with E-state index in [0.717, 1.165) is 43.6 Å². The van der Waals surface area contributed by atoms with Crippen molar-refractivity contribution in [2.45, 2.75) is 46.2 Å². The molecule has 4 rings (SSSR count). The van der Waals surface area contributed by atoms with Crippen molar-refractivity contribution >= 4 is 22.6 Å². The summed E-state index contributed by atoms with van der Waals surface area (Å²) in [7, 11) is 0. The summed E-state index contributed by atoms with van der Waals surface area (Å²) in [6.07, 6.45) is 1.19. The standard InChI is InChI=1S/C27H35N5O2/c1-20-8-6-9-23(18-20)31-17-16-30(19-21(31)2)14-7-13-28-26(33)12-15-32-25-11-5-4-10-24(25)29-22(3)27(32)34/h4-6,8-11,18,21H,7,12-17,19H2,1-3H3,(H,28,33)/t21-/m0/s1. The highest BCUT2D eigenvalue weighted by Crippen LogP contribution is 2.21. The lowest BCUT2D eigenvalue weighted by atomic mass is 10.1. The fourth-order valence-electron chi connectivity index (χ4n) is 4.80. The number of amides is 1. The summed E-state index contributed by atoms with van der Waals surface area (Å²) in [4.78, 5) is 34.3. The van der Waals surface area contributed by atoms with Crippen LogP contribution in [-0.2, 0) is 11.3 Å². The molecule has 180 valence electrons. The van der Waals surface area contributed by atoms with Crippen LogP contribution in [0.25, 0.3) is 11.0 Å². The van der Waals surface area contributed by atoms with Crippen LogP contribution in [0.3, 0.4) is 0 Å². The van der Waals surface area contributed by atoms with Crippen LogP contribution in [0.15, 0.2) is 53.3 Å². The first-order chi connectivity index (χ1) is 16.4. The quantitative estimate of drug-likeness (QED) is 0.522. The van der Waals surface area contributed by atoms with Gasteiger partial charge in [-0.3, -0.25) is 14.5 Å². The third-order valence-electron chi connectivity index (χ3n) is 6.60. The highest BCUT2D eigenvalue weighted by atomic mass is 16.2. The Balaban J connectivity index is 1.20. The number of para-hydroxylation sites is 2. The van der Waals surface area contributed by atoms with Gasteiger partial charge in [0.1, 0.15) is 5.69 Å². The zero-order valence-electron chi connectivity index (χ0n) is 20.5. The van der Waals surface area contributed by atoms with E-state index in [9.17, 15) is 9.59 Å². The number of hydrogen-bond acceptors (Lipinski definition) is 5. The van der Waals surface area contributed by atoms with Crippen LogP contribution in [0.1, 0.15) is 31.0 Å². The van der Waals surface area contributed by atoms with Gasteiger partial charge in [0, 0.05) is 50.9 Å². The van der Waals surface area contributed by atoms with Gasteiger partial charge >= 0.3 is 0 Å². The van der Waals surface area contributed by atoms with Crippen molar-refractivity contribution < 1.29 is 4.79 Å². The average Bonchev–Trinajstić information content (AvgIpc) is 2.82. The fraction of sp³-hybridized carbons (Fsp3) is 0.444. The smallest absolute Gasteiger partial charge is 0.272 e. The first kappa shape index (κ1) is 24.0. The molecule has 0 aliphatic carbocycles. The largest absolute Gasteiger partial charge is 0.366 e. The van der Waals surface area contributed by atoms with Gasteiger partial charge in [-0.25, -0.2) is 4.98 Å². The van der Waals surface area contributed by atoms with Crippen molar-refractivity contribution in [3.63, 3.8) is 0 Å². The summed E-state index contributed by atoms with van der Waals surface area (Å²) in [6, 6.07) is 16.7. The molecule has 1 aromatic heterocycles. The summed E-state index contributed by atoms with van der Waals surface area (Å²) in [5.41, 5.74) is 4.46. The lowest BCUT2D eigenvalue weighted by molar-refractivity contribution is -0.121. The molecule has 7 heteroatoms. The highest BCUT2D eigenvalue weighted by molar-refractivity contribution is 5.77. The number of aryl methyl sites for hydroxylation is 3. The zero-order chi connectivity index (χ0) is 24.1. The molecule has 2 heterocycles. The Kier molecular flexibility index (Phi) is 7.63. The Morgan fingerprint density at radius 1 is 1.09 bits per heavy atom. The molecule has 1 fully saturated rings. The number of rotatable bonds is 8. The number of carbonyl (C=O) groups is 1. The summed E-state index contributed by atoms with van der Waals surface area (Å²) < 4.78 is 1.66. The summed E-state index contributed by atoms with van der Waals surface area (Å²) >= 11 is 0. The van der Waals surface area contributed by atoms with Crippen LogP contribution >= 0.6 is 0 Å². The molecule has 1 aliphatic rings. The molecule has 1 amide bonds. The molecular formula is C27H35N5O2. The fourth-order valence-corrected chi connectivity index (χ4v) is 4.80. The molecule has 1 aliphatic heterocycles. The molecule has 7 nitrogen and oxygen atoms in total. The van der Waals surface area contributed by atoms with Crippen LogP contribution in [0, 0.1) is 13.8 Å². The monoisotopic (exact) mass is 461 g/mol. The summed E-state index contributed by atoms with van der Waals surface area (Å²) in [6.45, 7) is 11.2. The number of anilines is 1. The molecule has 2 aromatic carbocycles. The van der Waals surface area contributed by atoms with Gasteiger partial charge in [0.15, 0.2) is 0 Å². The number of nitrogens with one attached hydrogen (secondary N) is 1. The maximum atomic E-state index is 12.5. The van der Waals surface area contributed by atoms with E-state index in [0.29, 0.717) is 24.8 Å². The highest BCUT2D eigenvalue weighted by Gasteiger charge is 2.23. The van der Waals surface area contributed by atoms with Crippen molar-refractivity contribution in [2.75, 3.05) is 37.6 Å². The first-order valence-electron chi connectivity index (χ1n) is 12.2. The average molecular weight is 462 g/mol. The van der Waals surface area contributed by atoms with Gasteiger partial charge in [0.2, 0.25) is 5.91 Å². The van der Waals surface area contributed by atoms with Gasteiger partial charge in [-0.05, 0) is 63.6 Å². The minimum Gasteiger partial charge on any atom is -0.366 e. The molecule has 0 unspecified atom stereocenters. The second-order valence-corrected chi connectivity index (χ2v) is 9.28.